The van der Waals surface area contributed by atoms with Gasteiger partial charge in [0.15, 0.2) is 0 Å². The lowest BCUT2D eigenvalue weighted by molar-refractivity contribution is -0.115. The minimum atomic E-state index is -1.32. The van der Waals surface area contributed by atoms with E-state index in [0.717, 1.165) is 16.7 Å². The van der Waals surface area contributed by atoms with E-state index in [1.54, 1.807) is 6.07 Å². The summed E-state index contributed by atoms with van der Waals surface area (Å²) in [5.41, 5.74) is 7.44. The summed E-state index contributed by atoms with van der Waals surface area (Å²) >= 11 is 0. The minimum Gasteiger partial charge on any atom is -0.369 e. The summed E-state index contributed by atoms with van der Waals surface area (Å²) in [6, 6.07) is 13.6. The second-order valence-electron chi connectivity index (χ2n) is 4.41. The Balaban J connectivity index is 2.20. The Hall–Kier alpha value is -2.01. The molecular formula is C15H14FNO2S. The van der Waals surface area contributed by atoms with Gasteiger partial charge in [-0.1, -0.05) is 36.4 Å². The van der Waals surface area contributed by atoms with Crippen LogP contribution in [0.2, 0.25) is 0 Å². The number of rotatable bonds is 5. The van der Waals surface area contributed by atoms with Crippen LogP contribution in [-0.4, -0.2) is 15.9 Å². The highest BCUT2D eigenvalue weighted by molar-refractivity contribution is 7.84. The Bertz CT molecular complexity index is 658. The standard InChI is InChI=1S/C15H14FNO2S/c16-14-6-2-5-13(8-14)12-4-1-3-11(7-12)9-20(19)10-15(17)18/h1-8H,9-10H2,(H2,17,18)/t20-/m0/s1. The van der Waals surface area contributed by atoms with Gasteiger partial charge < -0.3 is 5.73 Å². The second kappa shape index (κ2) is 6.43. The van der Waals surface area contributed by atoms with Crippen molar-refractivity contribution in [2.24, 2.45) is 5.73 Å². The van der Waals surface area contributed by atoms with Crippen LogP contribution in [0.25, 0.3) is 11.1 Å². The largest absolute Gasteiger partial charge is 0.369 e. The molecule has 0 saturated carbocycles. The van der Waals surface area contributed by atoms with Crippen molar-refractivity contribution in [2.75, 3.05) is 5.75 Å². The van der Waals surface area contributed by atoms with E-state index in [1.807, 2.05) is 30.3 Å². The van der Waals surface area contributed by atoms with Crippen molar-refractivity contribution in [2.45, 2.75) is 5.75 Å². The first kappa shape index (κ1) is 14.4. The first-order chi connectivity index (χ1) is 9.54. The van der Waals surface area contributed by atoms with Gasteiger partial charge in [0, 0.05) is 16.6 Å². The smallest absolute Gasteiger partial charge is 0.230 e. The summed E-state index contributed by atoms with van der Waals surface area (Å²) in [7, 11) is -1.32. The molecule has 0 heterocycles. The molecule has 0 unspecified atom stereocenters. The molecule has 0 fully saturated rings. The van der Waals surface area contributed by atoms with Crippen LogP contribution in [0.5, 0.6) is 0 Å². The van der Waals surface area contributed by atoms with Crippen molar-refractivity contribution in [1.29, 1.82) is 0 Å². The molecule has 1 atom stereocenters. The van der Waals surface area contributed by atoms with Crippen LogP contribution in [0.15, 0.2) is 48.5 Å². The number of primary amides is 1. The van der Waals surface area contributed by atoms with Gasteiger partial charge in [0.1, 0.15) is 11.6 Å². The molecule has 3 nitrogen and oxygen atoms in total. The van der Waals surface area contributed by atoms with E-state index in [9.17, 15) is 13.4 Å². The Kier molecular flexibility index (Phi) is 4.63. The molecule has 0 saturated heterocycles. The summed E-state index contributed by atoms with van der Waals surface area (Å²) in [4.78, 5) is 10.7. The molecule has 5 heteroatoms. The number of amides is 1. The zero-order valence-corrected chi connectivity index (χ0v) is 11.5. The van der Waals surface area contributed by atoms with Crippen molar-refractivity contribution in [3.63, 3.8) is 0 Å². The van der Waals surface area contributed by atoms with Gasteiger partial charge in [-0.25, -0.2) is 4.39 Å². The van der Waals surface area contributed by atoms with Gasteiger partial charge in [0.25, 0.3) is 0 Å². The number of benzene rings is 2. The summed E-state index contributed by atoms with van der Waals surface area (Å²) in [6.07, 6.45) is 0. The molecule has 2 N–H and O–H groups in total. The first-order valence-electron chi connectivity index (χ1n) is 6.03. The van der Waals surface area contributed by atoms with Gasteiger partial charge in [-0.3, -0.25) is 9.00 Å². The molecular weight excluding hydrogens is 277 g/mol. The topological polar surface area (TPSA) is 60.2 Å². The predicted octanol–water partition coefficient (Wildman–Crippen LogP) is 2.23. The third-order valence-electron chi connectivity index (χ3n) is 2.72. The fourth-order valence-electron chi connectivity index (χ4n) is 1.90. The van der Waals surface area contributed by atoms with E-state index in [1.165, 1.54) is 12.1 Å². The number of halogens is 1. The number of carbonyl (C=O) groups excluding carboxylic acids is 1. The normalized spacial score (nSPS) is 12.1. The number of carbonyl (C=O) groups is 1. The average molecular weight is 291 g/mol. The summed E-state index contributed by atoms with van der Waals surface area (Å²) < 4.78 is 24.9. The lowest BCUT2D eigenvalue weighted by Gasteiger charge is -2.05. The van der Waals surface area contributed by atoms with Gasteiger partial charge in [0.2, 0.25) is 5.91 Å². The lowest BCUT2D eigenvalue weighted by atomic mass is 10.0. The number of nitrogens with two attached hydrogens (primary N) is 1. The molecule has 2 aromatic carbocycles. The van der Waals surface area contributed by atoms with E-state index in [0.29, 0.717) is 0 Å². The Morgan fingerprint density at radius 3 is 2.40 bits per heavy atom. The maximum atomic E-state index is 13.2. The quantitative estimate of drug-likeness (QED) is 0.918. The zero-order valence-electron chi connectivity index (χ0n) is 10.7. The van der Waals surface area contributed by atoms with Crippen molar-refractivity contribution in [1.82, 2.24) is 0 Å². The maximum Gasteiger partial charge on any atom is 0.230 e. The van der Waals surface area contributed by atoms with E-state index >= 15 is 0 Å². The third-order valence-corrected chi connectivity index (χ3v) is 3.98. The fraction of sp³-hybridized carbons (Fsp3) is 0.133. The van der Waals surface area contributed by atoms with E-state index in [-0.39, 0.29) is 17.3 Å². The van der Waals surface area contributed by atoms with Crippen LogP contribution < -0.4 is 5.73 Å². The number of hydrogen-bond acceptors (Lipinski definition) is 2. The summed E-state index contributed by atoms with van der Waals surface area (Å²) in [5, 5.41) is 0. The monoisotopic (exact) mass is 291 g/mol. The Labute approximate surface area is 119 Å². The maximum absolute atomic E-state index is 13.2. The molecule has 1 amide bonds. The van der Waals surface area contributed by atoms with Gasteiger partial charge in [-0.05, 0) is 28.8 Å². The van der Waals surface area contributed by atoms with E-state index in [4.69, 9.17) is 5.73 Å². The van der Waals surface area contributed by atoms with Crippen LogP contribution in [0.4, 0.5) is 4.39 Å². The second-order valence-corrected chi connectivity index (χ2v) is 5.86. The van der Waals surface area contributed by atoms with Crippen molar-refractivity contribution >= 4 is 16.7 Å². The van der Waals surface area contributed by atoms with Crippen molar-refractivity contribution in [3.8, 4) is 11.1 Å². The van der Waals surface area contributed by atoms with Gasteiger partial charge >= 0.3 is 0 Å². The molecule has 0 bridgehead atoms. The molecule has 0 aromatic heterocycles. The fourth-order valence-corrected chi connectivity index (χ4v) is 2.88. The third kappa shape index (κ3) is 3.99. The predicted molar refractivity (Wildman–Crippen MR) is 77.7 cm³/mol. The van der Waals surface area contributed by atoms with E-state index < -0.39 is 16.7 Å². The van der Waals surface area contributed by atoms with Crippen LogP contribution in [-0.2, 0) is 21.3 Å². The average Bonchev–Trinajstić information content (AvgIpc) is 2.38. The Morgan fingerprint density at radius 1 is 1.10 bits per heavy atom. The van der Waals surface area contributed by atoms with Crippen molar-refractivity contribution in [3.05, 3.63) is 59.9 Å². The molecule has 0 aliphatic heterocycles. The molecule has 2 aromatic rings. The van der Waals surface area contributed by atoms with E-state index in [2.05, 4.69) is 0 Å². The van der Waals surface area contributed by atoms with Gasteiger partial charge in [-0.15, -0.1) is 0 Å². The molecule has 2 rings (SSSR count). The highest BCUT2D eigenvalue weighted by Crippen LogP contribution is 2.21. The lowest BCUT2D eigenvalue weighted by Crippen LogP contribution is -2.20. The van der Waals surface area contributed by atoms with Crippen LogP contribution >= 0.6 is 0 Å². The number of hydrogen-bond donors (Lipinski definition) is 1. The van der Waals surface area contributed by atoms with Crippen molar-refractivity contribution < 1.29 is 13.4 Å². The van der Waals surface area contributed by atoms with Crippen LogP contribution in [0, 0.1) is 5.82 Å². The minimum absolute atomic E-state index is 0.149. The van der Waals surface area contributed by atoms with Gasteiger partial charge in [-0.2, -0.15) is 0 Å². The first-order valence-corrected chi connectivity index (χ1v) is 7.51. The molecule has 0 spiro atoms. The molecule has 20 heavy (non-hydrogen) atoms. The Morgan fingerprint density at radius 2 is 1.75 bits per heavy atom. The summed E-state index contributed by atoms with van der Waals surface area (Å²) in [6.45, 7) is 0. The summed E-state index contributed by atoms with van der Waals surface area (Å²) in [5.74, 6) is -0.772. The highest BCUT2D eigenvalue weighted by Gasteiger charge is 2.07. The highest BCUT2D eigenvalue weighted by atomic mass is 32.2. The molecule has 0 aliphatic rings. The van der Waals surface area contributed by atoms with Crippen LogP contribution in [0.1, 0.15) is 5.56 Å². The SMILES string of the molecule is NC(=O)C[S@@](=O)Cc1cccc(-c2cccc(F)c2)c1. The van der Waals surface area contributed by atoms with Crippen LogP contribution in [0.3, 0.4) is 0 Å². The van der Waals surface area contributed by atoms with Gasteiger partial charge in [0.05, 0.1) is 0 Å². The molecule has 0 aliphatic carbocycles. The zero-order chi connectivity index (χ0) is 14.5. The molecule has 0 radical (unpaired) electrons. The molecule has 104 valence electrons.